The minimum Gasteiger partial charge on any atom is -0.371 e. The highest BCUT2D eigenvalue weighted by molar-refractivity contribution is 7.98. The average molecular weight is 293 g/mol. The van der Waals surface area contributed by atoms with Crippen molar-refractivity contribution in [3.8, 4) is 0 Å². The minimum atomic E-state index is -0.512. The van der Waals surface area contributed by atoms with Crippen LogP contribution in [-0.2, 0) is 4.79 Å². The largest absolute Gasteiger partial charge is 0.371 e. The van der Waals surface area contributed by atoms with E-state index in [1.807, 2.05) is 17.8 Å². The van der Waals surface area contributed by atoms with Gasteiger partial charge in [-0.2, -0.15) is 11.8 Å². The van der Waals surface area contributed by atoms with Crippen molar-refractivity contribution in [1.29, 1.82) is 0 Å². The molecular weight excluding hydrogens is 270 g/mol. The molecule has 0 fully saturated rings. The highest BCUT2D eigenvalue weighted by Crippen LogP contribution is 2.36. The van der Waals surface area contributed by atoms with Crippen molar-refractivity contribution in [2.45, 2.75) is 25.4 Å². The Hall–Kier alpha value is -1.20. The number of fused-ring (bicyclic) bond motifs is 1. The second-order valence-electron chi connectivity index (χ2n) is 5.25. The van der Waals surface area contributed by atoms with E-state index in [1.54, 1.807) is 11.9 Å². The van der Waals surface area contributed by atoms with Crippen LogP contribution in [0.4, 0.5) is 11.4 Å². The third-order valence-corrected chi connectivity index (χ3v) is 4.81. The zero-order chi connectivity index (χ0) is 14.9. The Morgan fingerprint density at radius 3 is 2.80 bits per heavy atom. The summed E-state index contributed by atoms with van der Waals surface area (Å²) in [4.78, 5) is 15.9. The number of nitrogens with zero attached hydrogens (tertiary/aromatic N) is 2. The van der Waals surface area contributed by atoms with E-state index in [1.165, 1.54) is 0 Å². The van der Waals surface area contributed by atoms with Crippen LogP contribution in [0.5, 0.6) is 0 Å². The van der Waals surface area contributed by atoms with Crippen LogP contribution < -0.4 is 15.5 Å². The molecule has 2 unspecified atom stereocenters. The van der Waals surface area contributed by atoms with E-state index in [0.29, 0.717) is 6.04 Å². The normalized spacial score (nSPS) is 19.1. The van der Waals surface area contributed by atoms with Crippen molar-refractivity contribution >= 4 is 29.0 Å². The van der Waals surface area contributed by atoms with Gasteiger partial charge in [-0.25, -0.2) is 0 Å². The Kier molecular flexibility index (Phi) is 4.60. The zero-order valence-electron chi connectivity index (χ0n) is 12.6. The van der Waals surface area contributed by atoms with Gasteiger partial charge in [0.15, 0.2) is 0 Å². The van der Waals surface area contributed by atoms with Crippen LogP contribution in [-0.4, -0.2) is 38.1 Å². The number of carbonyl (C=O) groups is 1. The van der Waals surface area contributed by atoms with Gasteiger partial charge in [-0.1, -0.05) is 13.0 Å². The van der Waals surface area contributed by atoms with Gasteiger partial charge in [-0.05, 0) is 24.8 Å². The lowest BCUT2D eigenvalue weighted by atomic mass is 10.1. The second-order valence-corrected chi connectivity index (χ2v) is 6.16. The molecule has 1 heterocycles. The maximum Gasteiger partial charge on any atom is 0.248 e. The van der Waals surface area contributed by atoms with Gasteiger partial charge in [0.2, 0.25) is 5.91 Å². The fourth-order valence-electron chi connectivity index (χ4n) is 2.67. The average Bonchev–Trinajstić information content (AvgIpc) is 2.68. The third-order valence-electron chi connectivity index (χ3n) is 4.09. The molecular formula is C15H23N3OS. The highest BCUT2D eigenvalue weighted by Gasteiger charge is 2.32. The quantitative estimate of drug-likeness (QED) is 0.904. The molecule has 20 heavy (non-hydrogen) atoms. The summed E-state index contributed by atoms with van der Waals surface area (Å²) in [6.45, 7) is 2.20. The van der Waals surface area contributed by atoms with Crippen molar-refractivity contribution in [3.05, 3.63) is 23.8 Å². The van der Waals surface area contributed by atoms with E-state index >= 15 is 0 Å². The Labute approximate surface area is 125 Å². The van der Waals surface area contributed by atoms with Gasteiger partial charge in [0.1, 0.15) is 6.04 Å². The summed E-state index contributed by atoms with van der Waals surface area (Å²) in [5.41, 5.74) is 8.93. The first kappa shape index (κ1) is 15.2. The van der Waals surface area contributed by atoms with E-state index in [9.17, 15) is 4.79 Å². The van der Waals surface area contributed by atoms with E-state index in [2.05, 4.69) is 37.3 Å². The van der Waals surface area contributed by atoms with Gasteiger partial charge in [-0.3, -0.25) is 4.79 Å². The van der Waals surface area contributed by atoms with Gasteiger partial charge >= 0.3 is 0 Å². The summed E-state index contributed by atoms with van der Waals surface area (Å²) in [6, 6.07) is 6.11. The van der Waals surface area contributed by atoms with Crippen molar-refractivity contribution in [3.63, 3.8) is 0 Å². The SMILES string of the molecule is CCC(CSC)N(C)c1ccc2c(c1)N(C)C(=O)C2N. The van der Waals surface area contributed by atoms with E-state index in [4.69, 9.17) is 5.73 Å². The van der Waals surface area contributed by atoms with E-state index in [-0.39, 0.29) is 5.91 Å². The molecule has 1 amide bonds. The molecule has 5 heteroatoms. The molecule has 0 aromatic heterocycles. The number of hydrogen-bond donors (Lipinski definition) is 1. The molecule has 0 radical (unpaired) electrons. The first-order valence-corrected chi connectivity index (χ1v) is 8.29. The van der Waals surface area contributed by atoms with Gasteiger partial charge < -0.3 is 15.5 Å². The van der Waals surface area contributed by atoms with Crippen LogP contribution in [0.3, 0.4) is 0 Å². The zero-order valence-corrected chi connectivity index (χ0v) is 13.4. The molecule has 2 N–H and O–H groups in total. The lowest BCUT2D eigenvalue weighted by molar-refractivity contribution is -0.118. The number of rotatable bonds is 5. The standard InChI is InChI=1S/C15H23N3OS/c1-5-10(9-20-4)17(2)11-6-7-12-13(8-11)18(3)15(19)14(12)16/h6-8,10,14H,5,9,16H2,1-4H3. The maximum absolute atomic E-state index is 11.9. The van der Waals surface area contributed by atoms with Crippen molar-refractivity contribution in [2.75, 3.05) is 35.9 Å². The van der Waals surface area contributed by atoms with E-state index < -0.39 is 6.04 Å². The van der Waals surface area contributed by atoms with Crippen LogP contribution in [0.2, 0.25) is 0 Å². The molecule has 0 bridgehead atoms. The van der Waals surface area contributed by atoms with Crippen molar-refractivity contribution in [2.24, 2.45) is 5.73 Å². The number of carbonyl (C=O) groups excluding carboxylic acids is 1. The Balaban J connectivity index is 2.30. The maximum atomic E-state index is 11.9. The summed E-state index contributed by atoms with van der Waals surface area (Å²) < 4.78 is 0. The predicted molar refractivity (Wildman–Crippen MR) is 87.6 cm³/mol. The molecule has 1 aromatic rings. The molecule has 0 aliphatic carbocycles. The Morgan fingerprint density at radius 2 is 2.20 bits per heavy atom. The van der Waals surface area contributed by atoms with Crippen molar-refractivity contribution in [1.82, 2.24) is 0 Å². The molecule has 1 aliphatic rings. The molecule has 2 rings (SSSR count). The first-order chi connectivity index (χ1) is 9.51. The Bertz CT molecular complexity index is 506. The van der Waals surface area contributed by atoms with Crippen LogP contribution in [0, 0.1) is 0 Å². The van der Waals surface area contributed by atoms with Crippen LogP contribution >= 0.6 is 11.8 Å². The summed E-state index contributed by atoms with van der Waals surface area (Å²) in [5.74, 6) is 1.06. The summed E-state index contributed by atoms with van der Waals surface area (Å²) >= 11 is 1.86. The Morgan fingerprint density at radius 1 is 1.50 bits per heavy atom. The monoisotopic (exact) mass is 293 g/mol. The predicted octanol–water partition coefficient (Wildman–Crippen LogP) is 2.24. The molecule has 0 saturated carbocycles. The summed E-state index contributed by atoms with van der Waals surface area (Å²) in [5, 5.41) is 0. The number of hydrogen-bond acceptors (Lipinski definition) is 4. The van der Waals surface area contributed by atoms with Gasteiger partial charge in [0.05, 0.1) is 5.69 Å². The number of benzene rings is 1. The molecule has 1 aromatic carbocycles. The number of nitrogens with two attached hydrogens (primary N) is 1. The molecule has 0 saturated heterocycles. The second kappa shape index (κ2) is 6.06. The first-order valence-electron chi connectivity index (χ1n) is 6.90. The van der Waals surface area contributed by atoms with Crippen LogP contribution in [0.15, 0.2) is 18.2 Å². The van der Waals surface area contributed by atoms with E-state index in [0.717, 1.165) is 29.1 Å². The molecule has 2 atom stereocenters. The smallest absolute Gasteiger partial charge is 0.248 e. The highest BCUT2D eigenvalue weighted by atomic mass is 32.2. The fraction of sp³-hybridized carbons (Fsp3) is 0.533. The topological polar surface area (TPSA) is 49.6 Å². The fourth-order valence-corrected chi connectivity index (χ4v) is 3.52. The minimum absolute atomic E-state index is 0.0315. The van der Waals surface area contributed by atoms with Crippen LogP contribution in [0.25, 0.3) is 0 Å². The van der Waals surface area contributed by atoms with Crippen LogP contribution in [0.1, 0.15) is 24.9 Å². The number of anilines is 2. The summed E-state index contributed by atoms with van der Waals surface area (Å²) in [6.07, 6.45) is 3.23. The lowest BCUT2D eigenvalue weighted by Crippen LogP contribution is -2.33. The molecule has 1 aliphatic heterocycles. The molecule has 4 nitrogen and oxygen atoms in total. The number of amides is 1. The number of likely N-dealkylation sites (N-methyl/N-ethyl adjacent to an activating group) is 1. The van der Waals surface area contributed by atoms with Gasteiger partial charge in [-0.15, -0.1) is 0 Å². The lowest BCUT2D eigenvalue weighted by Gasteiger charge is -2.29. The third kappa shape index (κ3) is 2.52. The number of thioether (sulfide) groups is 1. The summed E-state index contributed by atoms with van der Waals surface area (Å²) in [7, 11) is 3.90. The van der Waals surface area contributed by atoms with Gasteiger partial charge in [0.25, 0.3) is 0 Å². The molecule has 110 valence electrons. The van der Waals surface area contributed by atoms with Crippen molar-refractivity contribution < 1.29 is 4.79 Å². The molecule has 0 spiro atoms. The van der Waals surface area contributed by atoms with Gasteiger partial charge in [0, 0.05) is 37.1 Å².